The average Bonchev–Trinajstić information content (AvgIpc) is 2.31. The normalized spacial score (nSPS) is 14.6. The lowest BCUT2D eigenvalue weighted by Gasteiger charge is -2.29. The molecule has 0 saturated heterocycles. The Hall–Kier alpha value is -0.820. The minimum Gasteiger partial charge on any atom is -0.316 e. The van der Waals surface area contributed by atoms with Gasteiger partial charge in [-0.2, -0.15) is 0 Å². The number of rotatable bonds is 6. The maximum atomic E-state index is 3.49. The summed E-state index contributed by atoms with van der Waals surface area (Å²) >= 11 is 0. The summed E-state index contributed by atoms with van der Waals surface area (Å²) in [6.07, 6.45) is 2.39. The highest BCUT2D eigenvalue weighted by Crippen LogP contribution is 2.27. The molecule has 1 rings (SSSR count). The molecule has 0 spiro atoms. The molecule has 96 valence electrons. The molecule has 0 fully saturated rings. The van der Waals surface area contributed by atoms with Gasteiger partial charge in [-0.1, -0.05) is 44.5 Å². The third-order valence-electron chi connectivity index (χ3n) is 3.78. The van der Waals surface area contributed by atoms with Gasteiger partial charge < -0.3 is 5.32 Å². The Morgan fingerprint density at radius 2 is 1.88 bits per heavy atom. The van der Waals surface area contributed by atoms with Gasteiger partial charge in [0.25, 0.3) is 0 Å². The zero-order valence-corrected chi connectivity index (χ0v) is 12.1. The molecular weight excluding hydrogens is 206 g/mol. The lowest BCUT2D eigenvalue weighted by molar-refractivity contribution is 0.292. The molecule has 1 aromatic carbocycles. The number of benzene rings is 1. The molecule has 1 N–H and O–H groups in total. The lowest BCUT2D eigenvalue weighted by Crippen LogP contribution is -2.33. The largest absolute Gasteiger partial charge is 0.316 e. The maximum absolute atomic E-state index is 3.49. The van der Waals surface area contributed by atoms with E-state index >= 15 is 0 Å². The number of hydrogen-bond acceptors (Lipinski definition) is 1. The van der Waals surface area contributed by atoms with Crippen LogP contribution < -0.4 is 5.32 Å². The van der Waals surface area contributed by atoms with E-state index in [-0.39, 0.29) is 0 Å². The minimum absolute atomic E-state index is 0.370. The fraction of sp³-hybridized carbons (Fsp3) is 0.625. The molecular formula is C16H27N. The van der Waals surface area contributed by atoms with Crippen molar-refractivity contribution in [2.45, 2.75) is 47.5 Å². The van der Waals surface area contributed by atoms with Crippen LogP contribution in [0.3, 0.4) is 0 Å². The Bertz CT molecular complexity index is 357. The minimum atomic E-state index is 0.370. The van der Waals surface area contributed by atoms with E-state index in [1.165, 1.54) is 29.5 Å². The summed E-state index contributed by atoms with van der Waals surface area (Å²) in [5.74, 6) is 0. The molecule has 0 heterocycles. The Morgan fingerprint density at radius 1 is 1.18 bits per heavy atom. The second-order valence-electron chi connectivity index (χ2n) is 5.55. The molecule has 0 radical (unpaired) electrons. The van der Waals surface area contributed by atoms with Gasteiger partial charge in [0.2, 0.25) is 0 Å². The van der Waals surface area contributed by atoms with Gasteiger partial charge in [0.15, 0.2) is 0 Å². The summed E-state index contributed by atoms with van der Waals surface area (Å²) in [5.41, 5.74) is 4.67. The standard InChI is InChI=1S/C16H27N/c1-6-16(5,12-17-7-2)11-15-10-13(3)8-9-14(15)4/h8-10,17H,6-7,11-12H2,1-5H3. The van der Waals surface area contributed by atoms with Crippen molar-refractivity contribution in [2.75, 3.05) is 13.1 Å². The molecule has 0 aromatic heterocycles. The summed E-state index contributed by atoms with van der Waals surface area (Å²) in [7, 11) is 0. The zero-order valence-electron chi connectivity index (χ0n) is 12.1. The highest BCUT2D eigenvalue weighted by atomic mass is 14.9. The summed E-state index contributed by atoms with van der Waals surface area (Å²) in [6, 6.07) is 6.79. The van der Waals surface area contributed by atoms with Gasteiger partial charge in [-0.3, -0.25) is 0 Å². The van der Waals surface area contributed by atoms with Gasteiger partial charge in [0, 0.05) is 6.54 Å². The van der Waals surface area contributed by atoms with Crippen LogP contribution in [0.25, 0.3) is 0 Å². The Morgan fingerprint density at radius 3 is 2.47 bits per heavy atom. The highest BCUT2D eigenvalue weighted by Gasteiger charge is 2.22. The molecule has 0 aliphatic heterocycles. The monoisotopic (exact) mass is 233 g/mol. The zero-order chi connectivity index (χ0) is 12.9. The average molecular weight is 233 g/mol. The van der Waals surface area contributed by atoms with E-state index < -0.39 is 0 Å². The van der Waals surface area contributed by atoms with E-state index in [2.05, 4.69) is 58.1 Å². The Balaban J connectivity index is 2.82. The van der Waals surface area contributed by atoms with E-state index in [0.717, 1.165) is 13.1 Å². The summed E-state index contributed by atoms with van der Waals surface area (Å²) in [4.78, 5) is 0. The molecule has 1 heteroatoms. The predicted octanol–water partition coefficient (Wildman–Crippen LogP) is 3.87. The van der Waals surface area contributed by atoms with Crippen LogP contribution in [0, 0.1) is 19.3 Å². The van der Waals surface area contributed by atoms with Crippen molar-refractivity contribution < 1.29 is 0 Å². The van der Waals surface area contributed by atoms with Crippen molar-refractivity contribution in [2.24, 2.45) is 5.41 Å². The second-order valence-corrected chi connectivity index (χ2v) is 5.55. The van der Waals surface area contributed by atoms with E-state index in [0.29, 0.717) is 5.41 Å². The Kier molecular flexibility index (Phi) is 5.20. The van der Waals surface area contributed by atoms with Crippen LogP contribution >= 0.6 is 0 Å². The molecule has 0 bridgehead atoms. The van der Waals surface area contributed by atoms with E-state index in [1.807, 2.05) is 0 Å². The topological polar surface area (TPSA) is 12.0 Å². The van der Waals surface area contributed by atoms with Crippen molar-refractivity contribution >= 4 is 0 Å². The van der Waals surface area contributed by atoms with Crippen molar-refractivity contribution in [1.82, 2.24) is 5.32 Å². The first-order chi connectivity index (χ1) is 8.00. The molecule has 0 aliphatic carbocycles. The van der Waals surface area contributed by atoms with Crippen LogP contribution in [0.2, 0.25) is 0 Å². The van der Waals surface area contributed by atoms with Crippen molar-refractivity contribution in [1.29, 1.82) is 0 Å². The van der Waals surface area contributed by atoms with E-state index in [4.69, 9.17) is 0 Å². The van der Waals surface area contributed by atoms with Gasteiger partial charge in [-0.05, 0) is 49.8 Å². The number of aryl methyl sites for hydroxylation is 2. The van der Waals surface area contributed by atoms with Crippen LogP contribution in [0.1, 0.15) is 43.9 Å². The summed E-state index contributed by atoms with van der Waals surface area (Å²) in [6.45, 7) is 13.4. The second kappa shape index (κ2) is 6.20. The van der Waals surface area contributed by atoms with Crippen LogP contribution in [-0.4, -0.2) is 13.1 Å². The molecule has 0 saturated carbocycles. The van der Waals surface area contributed by atoms with Crippen molar-refractivity contribution in [3.63, 3.8) is 0 Å². The Labute approximate surface area is 107 Å². The summed E-state index contributed by atoms with van der Waals surface area (Å²) in [5, 5.41) is 3.49. The SMILES string of the molecule is CCNCC(C)(CC)Cc1cc(C)ccc1C. The van der Waals surface area contributed by atoms with Crippen LogP contribution in [0.15, 0.2) is 18.2 Å². The van der Waals surface area contributed by atoms with Crippen LogP contribution in [0.5, 0.6) is 0 Å². The van der Waals surface area contributed by atoms with Crippen molar-refractivity contribution in [3.8, 4) is 0 Å². The third-order valence-corrected chi connectivity index (χ3v) is 3.78. The van der Waals surface area contributed by atoms with Crippen LogP contribution in [0.4, 0.5) is 0 Å². The quantitative estimate of drug-likeness (QED) is 0.786. The van der Waals surface area contributed by atoms with E-state index in [1.54, 1.807) is 0 Å². The fourth-order valence-electron chi connectivity index (χ4n) is 2.19. The van der Waals surface area contributed by atoms with Crippen LogP contribution in [-0.2, 0) is 6.42 Å². The van der Waals surface area contributed by atoms with Gasteiger partial charge in [0.05, 0.1) is 0 Å². The van der Waals surface area contributed by atoms with E-state index in [9.17, 15) is 0 Å². The molecule has 1 nitrogen and oxygen atoms in total. The number of nitrogens with one attached hydrogen (secondary N) is 1. The molecule has 1 atom stereocenters. The molecule has 0 amide bonds. The van der Waals surface area contributed by atoms with Gasteiger partial charge in [0.1, 0.15) is 0 Å². The van der Waals surface area contributed by atoms with Gasteiger partial charge >= 0.3 is 0 Å². The molecule has 1 aromatic rings. The first kappa shape index (κ1) is 14.2. The highest BCUT2D eigenvalue weighted by molar-refractivity contribution is 5.31. The molecule has 0 aliphatic rings. The number of hydrogen-bond donors (Lipinski definition) is 1. The molecule has 17 heavy (non-hydrogen) atoms. The van der Waals surface area contributed by atoms with Gasteiger partial charge in [-0.15, -0.1) is 0 Å². The fourth-order valence-corrected chi connectivity index (χ4v) is 2.19. The van der Waals surface area contributed by atoms with Gasteiger partial charge in [-0.25, -0.2) is 0 Å². The smallest absolute Gasteiger partial charge is 0.000813 e. The molecule has 1 unspecified atom stereocenters. The van der Waals surface area contributed by atoms with Crippen molar-refractivity contribution in [3.05, 3.63) is 34.9 Å². The predicted molar refractivity (Wildman–Crippen MR) is 76.6 cm³/mol. The summed E-state index contributed by atoms with van der Waals surface area (Å²) < 4.78 is 0. The maximum Gasteiger partial charge on any atom is 0.000813 e. The first-order valence-electron chi connectivity index (χ1n) is 6.77. The first-order valence-corrected chi connectivity index (χ1v) is 6.77. The third kappa shape index (κ3) is 4.16. The lowest BCUT2D eigenvalue weighted by atomic mass is 9.80.